The van der Waals surface area contributed by atoms with E-state index in [1.807, 2.05) is 22.9 Å². The Balaban J connectivity index is 1.60. The third-order valence-electron chi connectivity index (χ3n) is 6.69. The molecule has 1 N–H and O–H groups in total. The van der Waals surface area contributed by atoms with E-state index in [1.165, 1.54) is 19.3 Å². The van der Waals surface area contributed by atoms with Crippen molar-refractivity contribution in [3.8, 4) is 22.5 Å². The maximum Gasteiger partial charge on any atom is 0.231 e. The summed E-state index contributed by atoms with van der Waals surface area (Å²) in [5.41, 5.74) is 4.24. The highest BCUT2D eigenvalue weighted by atomic mass is 16.7. The predicted molar refractivity (Wildman–Crippen MR) is 143 cm³/mol. The monoisotopic (exact) mass is 503 g/mol. The molecule has 196 valence electrons. The summed E-state index contributed by atoms with van der Waals surface area (Å²) < 4.78 is 13.6. The fourth-order valence-electron chi connectivity index (χ4n) is 4.64. The predicted octanol–water partition coefficient (Wildman–Crippen LogP) is 5.54. The number of unbranched alkanes of at least 4 members (excludes halogenated alkanes) is 3. The Morgan fingerprint density at radius 2 is 1.65 bits per heavy atom. The number of hydrogen-bond acceptors (Lipinski definition) is 7. The lowest BCUT2D eigenvalue weighted by Crippen LogP contribution is -2.32. The Kier molecular flexibility index (Phi) is 9.14. The number of nitrogens with one attached hydrogen (secondary N) is 1. The summed E-state index contributed by atoms with van der Waals surface area (Å²) >= 11 is 0. The van der Waals surface area contributed by atoms with Gasteiger partial charge in [0.15, 0.2) is 0 Å². The van der Waals surface area contributed by atoms with Crippen molar-refractivity contribution < 1.29 is 9.47 Å². The highest BCUT2D eigenvalue weighted by molar-refractivity contribution is 5.80. The van der Waals surface area contributed by atoms with E-state index in [0.29, 0.717) is 24.5 Å². The van der Waals surface area contributed by atoms with Gasteiger partial charge in [-0.25, -0.2) is 9.67 Å². The second kappa shape index (κ2) is 12.7. The van der Waals surface area contributed by atoms with Gasteiger partial charge in [0.05, 0.1) is 0 Å². The van der Waals surface area contributed by atoms with E-state index in [4.69, 9.17) is 19.6 Å². The molecule has 37 heavy (non-hydrogen) atoms. The number of nitrogens with zero attached hydrogens (tertiary/aromatic N) is 6. The summed E-state index contributed by atoms with van der Waals surface area (Å²) in [6, 6.07) is 16.6. The highest BCUT2D eigenvalue weighted by Gasteiger charge is 2.36. The lowest BCUT2D eigenvalue weighted by molar-refractivity contribution is -0.225. The van der Waals surface area contributed by atoms with E-state index in [2.05, 4.69) is 64.8 Å². The normalized spacial score (nSPS) is 11.8. The lowest BCUT2D eigenvalue weighted by atomic mass is 9.98. The number of aromatic amines is 1. The van der Waals surface area contributed by atoms with Crippen molar-refractivity contribution >= 4 is 0 Å². The summed E-state index contributed by atoms with van der Waals surface area (Å²) in [6.45, 7) is 5.15. The highest BCUT2D eigenvalue weighted by Crippen LogP contribution is 2.31. The molecule has 2 aromatic carbocycles. The van der Waals surface area contributed by atoms with Gasteiger partial charge < -0.3 is 9.47 Å². The van der Waals surface area contributed by atoms with Crippen LogP contribution in [0.1, 0.15) is 69.6 Å². The molecular weight excluding hydrogens is 466 g/mol. The molecule has 9 heteroatoms. The van der Waals surface area contributed by atoms with Crippen LogP contribution in [-0.4, -0.2) is 49.6 Å². The average Bonchev–Trinajstić information content (AvgIpc) is 3.61. The molecule has 0 aliphatic carbocycles. The Morgan fingerprint density at radius 1 is 0.892 bits per heavy atom. The van der Waals surface area contributed by atoms with Crippen LogP contribution in [-0.2, 0) is 28.2 Å². The minimum Gasteiger partial charge on any atom is -0.347 e. The molecule has 4 rings (SSSR count). The van der Waals surface area contributed by atoms with Gasteiger partial charge in [-0.15, -0.1) is 10.2 Å². The molecule has 0 saturated carbocycles. The van der Waals surface area contributed by atoms with Crippen LogP contribution in [0.5, 0.6) is 0 Å². The van der Waals surface area contributed by atoms with Gasteiger partial charge in [-0.3, -0.25) is 0 Å². The van der Waals surface area contributed by atoms with Gasteiger partial charge in [0.25, 0.3) is 0 Å². The number of aryl methyl sites for hydroxylation is 1. The largest absolute Gasteiger partial charge is 0.347 e. The maximum absolute atomic E-state index is 5.80. The van der Waals surface area contributed by atoms with Crippen molar-refractivity contribution in [2.24, 2.45) is 0 Å². The van der Waals surface area contributed by atoms with E-state index in [-0.39, 0.29) is 0 Å². The molecule has 0 bridgehead atoms. The average molecular weight is 504 g/mol. The van der Waals surface area contributed by atoms with Crippen molar-refractivity contribution in [3.05, 3.63) is 65.7 Å². The molecule has 0 atom stereocenters. The number of aromatic nitrogens is 7. The van der Waals surface area contributed by atoms with Crippen LogP contribution < -0.4 is 0 Å². The molecule has 2 heterocycles. The van der Waals surface area contributed by atoms with Crippen LogP contribution in [0.15, 0.2) is 48.5 Å². The van der Waals surface area contributed by atoms with Gasteiger partial charge in [-0.05, 0) is 28.3 Å². The SMILES string of the molecule is CCCCCCn1nc(C(CCC)(OC)OC)nc1Cc1ccc(-c2ccccc2-c2nn[nH]n2)cc1. The van der Waals surface area contributed by atoms with Gasteiger partial charge in [0, 0.05) is 39.2 Å². The number of benzene rings is 2. The van der Waals surface area contributed by atoms with Crippen LogP contribution >= 0.6 is 0 Å². The Labute approximate surface area is 218 Å². The first-order valence-electron chi connectivity index (χ1n) is 13.1. The fourth-order valence-corrected chi connectivity index (χ4v) is 4.64. The van der Waals surface area contributed by atoms with Crippen molar-refractivity contribution in [3.63, 3.8) is 0 Å². The second-order valence-corrected chi connectivity index (χ2v) is 9.20. The molecule has 4 aromatic rings. The van der Waals surface area contributed by atoms with Crippen molar-refractivity contribution in [2.45, 2.75) is 71.1 Å². The number of hydrogen-bond donors (Lipinski definition) is 1. The zero-order chi connectivity index (χ0) is 26.1. The van der Waals surface area contributed by atoms with Gasteiger partial charge in [0.2, 0.25) is 17.4 Å². The minimum absolute atomic E-state index is 0.579. The van der Waals surface area contributed by atoms with Gasteiger partial charge in [-0.2, -0.15) is 10.3 Å². The molecule has 0 aliphatic rings. The molecule has 0 spiro atoms. The lowest BCUT2D eigenvalue weighted by Gasteiger charge is -2.27. The van der Waals surface area contributed by atoms with Crippen LogP contribution in [0.25, 0.3) is 22.5 Å². The van der Waals surface area contributed by atoms with Crippen molar-refractivity contribution in [1.29, 1.82) is 0 Å². The number of tetrazole rings is 1. The molecule has 2 aromatic heterocycles. The second-order valence-electron chi connectivity index (χ2n) is 9.20. The summed E-state index contributed by atoms with van der Waals surface area (Å²) in [5.74, 6) is 1.16. The topological polar surface area (TPSA) is 104 Å². The summed E-state index contributed by atoms with van der Waals surface area (Å²) in [5, 5.41) is 19.4. The molecule has 9 nitrogen and oxygen atoms in total. The first-order chi connectivity index (χ1) is 18.1. The minimum atomic E-state index is -0.930. The van der Waals surface area contributed by atoms with Crippen molar-refractivity contribution in [1.82, 2.24) is 35.4 Å². The third kappa shape index (κ3) is 6.11. The van der Waals surface area contributed by atoms with E-state index in [1.54, 1.807) is 14.2 Å². The number of methoxy groups -OCH3 is 2. The standard InChI is InChI=1S/C28H37N7O2/c1-5-7-8-11-19-35-25(29-27(32-35)28(36-3,37-4)18-6-2)20-21-14-16-22(17-15-21)23-12-9-10-13-24(23)26-30-33-34-31-26/h9-10,12-17H,5-8,11,18-20H2,1-4H3,(H,30,31,33,34). The van der Waals surface area contributed by atoms with Gasteiger partial charge >= 0.3 is 0 Å². The maximum atomic E-state index is 5.80. The third-order valence-corrected chi connectivity index (χ3v) is 6.69. The quantitative estimate of drug-likeness (QED) is 0.178. The van der Waals surface area contributed by atoms with Crippen molar-refractivity contribution in [2.75, 3.05) is 14.2 Å². The molecule has 0 unspecified atom stereocenters. The smallest absolute Gasteiger partial charge is 0.231 e. The first kappa shape index (κ1) is 26.6. The number of rotatable bonds is 14. The zero-order valence-electron chi connectivity index (χ0n) is 22.3. The molecule has 0 radical (unpaired) electrons. The Hall–Kier alpha value is -3.43. The van der Waals surface area contributed by atoms with E-state index in [0.717, 1.165) is 47.5 Å². The van der Waals surface area contributed by atoms with Crippen LogP contribution in [0.4, 0.5) is 0 Å². The van der Waals surface area contributed by atoms with Gasteiger partial charge in [-0.1, -0.05) is 88.1 Å². The molecule has 0 aliphatic heterocycles. The first-order valence-corrected chi connectivity index (χ1v) is 13.1. The van der Waals surface area contributed by atoms with E-state index in [9.17, 15) is 0 Å². The summed E-state index contributed by atoms with van der Waals surface area (Å²) in [6.07, 6.45) is 6.92. The molecule has 0 amide bonds. The van der Waals surface area contributed by atoms with Crippen LogP contribution in [0.2, 0.25) is 0 Å². The Morgan fingerprint density at radius 3 is 2.30 bits per heavy atom. The Bertz CT molecular complexity index is 1230. The number of ether oxygens (including phenoxy) is 2. The van der Waals surface area contributed by atoms with E-state index >= 15 is 0 Å². The summed E-state index contributed by atoms with van der Waals surface area (Å²) in [7, 11) is 3.32. The van der Waals surface area contributed by atoms with Gasteiger partial charge in [0.1, 0.15) is 5.82 Å². The number of H-pyrrole nitrogens is 1. The molecule has 0 saturated heterocycles. The van der Waals surface area contributed by atoms with Crippen LogP contribution in [0, 0.1) is 0 Å². The zero-order valence-corrected chi connectivity index (χ0v) is 22.3. The summed E-state index contributed by atoms with van der Waals surface area (Å²) in [4.78, 5) is 4.94. The van der Waals surface area contributed by atoms with Crippen LogP contribution in [0.3, 0.4) is 0 Å². The van der Waals surface area contributed by atoms with E-state index < -0.39 is 5.79 Å². The fraction of sp³-hybridized carbons (Fsp3) is 0.464. The molecular formula is C28H37N7O2. The molecule has 0 fully saturated rings.